The smallest absolute Gasteiger partial charge is 0.330 e. The van der Waals surface area contributed by atoms with Crippen LogP contribution in [0.2, 0.25) is 0 Å². The predicted octanol–water partition coefficient (Wildman–Crippen LogP) is 4.11. The molecule has 0 heterocycles. The number of ether oxygens (including phenoxy) is 1. The van der Waals surface area contributed by atoms with Crippen molar-refractivity contribution in [3.05, 3.63) is 71.8 Å². The fourth-order valence-electron chi connectivity index (χ4n) is 2.81. The molecule has 148 valence electrons. The highest BCUT2D eigenvalue weighted by Gasteiger charge is 2.11. The van der Waals surface area contributed by atoms with Crippen molar-refractivity contribution in [1.29, 1.82) is 0 Å². The van der Waals surface area contributed by atoms with Crippen molar-refractivity contribution >= 4 is 23.6 Å². The summed E-state index contributed by atoms with van der Waals surface area (Å²) in [5, 5.41) is 2.93. The van der Waals surface area contributed by atoms with E-state index in [1.807, 2.05) is 42.5 Å². The van der Waals surface area contributed by atoms with E-state index in [1.54, 1.807) is 13.0 Å². The summed E-state index contributed by atoms with van der Waals surface area (Å²) in [5.74, 6) is -0.409. The van der Waals surface area contributed by atoms with E-state index in [1.165, 1.54) is 11.6 Å². The summed E-state index contributed by atoms with van der Waals surface area (Å²) in [5.41, 5.74) is 2.79. The summed E-state index contributed by atoms with van der Waals surface area (Å²) in [6.45, 7) is 6.18. The average molecular weight is 380 g/mol. The molecular weight excluding hydrogens is 352 g/mol. The van der Waals surface area contributed by atoms with E-state index in [4.69, 9.17) is 4.74 Å². The Morgan fingerprint density at radius 1 is 1.04 bits per heavy atom. The second kappa shape index (κ2) is 11.7. The third-order valence-electron chi connectivity index (χ3n) is 4.05. The van der Waals surface area contributed by atoms with Gasteiger partial charge in [0.1, 0.15) is 0 Å². The van der Waals surface area contributed by atoms with Crippen LogP contribution in [-0.4, -0.2) is 36.5 Å². The van der Waals surface area contributed by atoms with E-state index in [9.17, 15) is 9.59 Å². The van der Waals surface area contributed by atoms with Crippen LogP contribution in [0.4, 0.5) is 5.69 Å². The first-order chi connectivity index (χ1) is 13.6. The predicted molar refractivity (Wildman–Crippen MR) is 113 cm³/mol. The fraction of sp³-hybridized carbons (Fsp3) is 0.304. The Balaban J connectivity index is 1.89. The number of nitrogens with one attached hydrogen (secondary N) is 1. The van der Waals surface area contributed by atoms with E-state index in [-0.39, 0.29) is 11.9 Å². The molecule has 0 spiro atoms. The van der Waals surface area contributed by atoms with Gasteiger partial charge in [0.2, 0.25) is 5.91 Å². The molecule has 0 radical (unpaired) electrons. The molecule has 5 heteroatoms. The summed E-state index contributed by atoms with van der Waals surface area (Å²) in [7, 11) is 0. The van der Waals surface area contributed by atoms with Crippen molar-refractivity contribution in [2.45, 2.75) is 26.8 Å². The Morgan fingerprint density at radius 3 is 2.39 bits per heavy atom. The number of rotatable bonds is 10. The highest BCUT2D eigenvalue weighted by Crippen LogP contribution is 2.12. The van der Waals surface area contributed by atoms with Crippen molar-refractivity contribution < 1.29 is 14.3 Å². The molecule has 1 N–H and O–H groups in total. The lowest BCUT2D eigenvalue weighted by molar-refractivity contribution is -0.137. The number of nitrogens with zero attached hydrogens (tertiary/aromatic N) is 1. The number of anilines is 1. The molecule has 0 aliphatic rings. The number of carbonyl (C=O) groups excluding carboxylic acids is 2. The molecule has 0 aliphatic heterocycles. The van der Waals surface area contributed by atoms with E-state index >= 15 is 0 Å². The lowest BCUT2D eigenvalue weighted by Crippen LogP contribution is -2.33. The van der Waals surface area contributed by atoms with Crippen LogP contribution in [-0.2, 0) is 20.9 Å². The van der Waals surface area contributed by atoms with Crippen molar-refractivity contribution in [1.82, 2.24) is 4.90 Å². The molecule has 0 bridgehead atoms. The van der Waals surface area contributed by atoms with Gasteiger partial charge in [-0.2, -0.15) is 0 Å². The lowest BCUT2D eigenvalue weighted by Gasteiger charge is -2.21. The minimum absolute atomic E-state index is 0.0424. The molecule has 2 aromatic rings. The Labute approximate surface area is 167 Å². The van der Waals surface area contributed by atoms with Gasteiger partial charge in [-0.25, -0.2) is 4.79 Å². The number of hydrogen-bond donors (Lipinski definition) is 1. The SMILES string of the molecule is CCCN(CC(=O)Nc1ccc(/C=C/C(=O)OCC)cc1)Cc1ccccc1. The molecule has 0 unspecified atom stereocenters. The largest absolute Gasteiger partial charge is 0.463 e. The molecule has 0 fully saturated rings. The van der Waals surface area contributed by atoms with Gasteiger partial charge >= 0.3 is 5.97 Å². The first-order valence-corrected chi connectivity index (χ1v) is 9.61. The van der Waals surface area contributed by atoms with Gasteiger partial charge < -0.3 is 10.1 Å². The molecule has 0 saturated carbocycles. The van der Waals surface area contributed by atoms with Gasteiger partial charge in [-0.1, -0.05) is 49.4 Å². The highest BCUT2D eigenvalue weighted by molar-refractivity contribution is 5.92. The molecule has 0 aliphatic carbocycles. The van der Waals surface area contributed by atoms with E-state index < -0.39 is 0 Å². The molecule has 2 aromatic carbocycles. The van der Waals surface area contributed by atoms with E-state index in [0.717, 1.165) is 30.8 Å². The summed E-state index contributed by atoms with van der Waals surface area (Å²) in [6.07, 6.45) is 4.07. The summed E-state index contributed by atoms with van der Waals surface area (Å²) >= 11 is 0. The van der Waals surface area contributed by atoms with Gasteiger partial charge in [-0.05, 0) is 49.2 Å². The van der Waals surface area contributed by atoms with Gasteiger partial charge in [-0.15, -0.1) is 0 Å². The van der Waals surface area contributed by atoms with Gasteiger partial charge in [0.15, 0.2) is 0 Å². The van der Waals surface area contributed by atoms with Crippen LogP contribution in [0, 0.1) is 0 Å². The Morgan fingerprint density at radius 2 is 1.75 bits per heavy atom. The van der Waals surface area contributed by atoms with Crippen LogP contribution in [0.5, 0.6) is 0 Å². The van der Waals surface area contributed by atoms with E-state index in [2.05, 4.69) is 29.3 Å². The Kier molecular flexibility index (Phi) is 8.95. The van der Waals surface area contributed by atoms with Crippen LogP contribution in [0.15, 0.2) is 60.7 Å². The van der Waals surface area contributed by atoms with Gasteiger partial charge in [0, 0.05) is 18.3 Å². The average Bonchev–Trinajstić information content (AvgIpc) is 2.68. The van der Waals surface area contributed by atoms with Crippen LogP contribution >= 0.6 is 0 Å². The zero-order valence-corrected chi connectivity index (χ0v) is 16.6. The zero-order chi connectivity index (χ0) is 20.2. The molecular formula is C23H28N2O3. The summed E-state index contributed by atoms with van der Waals surface area (Å²) in [6, 6.07) is 17.5. The number of benzene rings is 2. The molecule has 28 heavy (non-hydrogen) atoms. The van der Waals surface area contributed by atoms with Crippen molar-refractivity contribution in [2.24, 2.45) is 0 Å². The number of amides is 1. The van der Waals surface area contributed by atoms with Crippen molar-refractivity contribution in [3.63, 3.8) is 0 Å². The molecule has 5 nitrogen and oxygen atoms in total. The summed E-state index contributed by atoms with van der Waals surface area (Å²) in [4.78, 5) is 25.9. The maximum Gasteiger partial charge on any atom is 0.330 e. The molecule has 0 aromatic heterocycles. The summed E-state index contributed by atoms with van der Waals surface area (Å²) < 4.78 is 4.85. The maximum atomic E-state index is 12.4. The van der Waals surface area contributed by atoms with Gasteiger partial charge in [-0.3, -0.25) is 9.69 Å². The minimum atomic E-state index is -0.366. The molecule has 0 saturated heterocycles. The second-order valence-electron chi connectivity index (χ2n) is 6.45. The topological polar surface area (TPSA) is 58.6 Å². The third-order valence-corrected chi connectivity index (χ3v) is 4.05. The molecule has 0 atom stereocenters. The molecule has 2 rings (SSSR count). The van der Waals surface area contributed by atoms with E-state index in [0.29, 0.717) is 13.2 Å². The second-order valence-corrected chi connectivity index (χ2v) is 6.45. The van der Waals surface area contributed by atoms with Gasteiger partial charge in [0.05, 0.1) is 13.2 Å². The van der Waals surface area contributed by atoms with Crippen LogP contribution in [0.25, 0.3) is 6.08 Å². The Hall–Kier alpha value is -2.92. The Bertz CT molecular complexity index is 770. The normalized spacial score (nSPS) is 11.0. The number of hydrogen-bond acceptors (Lipinski definition) is 4. The van der Waals surface area contributed by atoms with Crippen molar-refractivity contribution in [2.75, 3.05) is 25.0 Å². The molecule has 1 amide bonds. The number of esters is 1. The van der Waals surface area contributed by atoms with Crippen LogP contribution in [0.3, 0.4) is 0 Å². The monoisotopic (exact) mass is 380 g/mol. The first-order valence-electron chi connectivity index (χ1n) is 9.61. The number of carbonyl (C=O) groups is 2. The maximum absolute atomic E-state index is 12.4. The highest BCUT2D eigenvalue weighted by atomic mass is 16.5. The van der Waals surface area contributed by atoms with Crippen LogP contribution in [0.1, 0.15) is 31.4 Å². The zero-order valence-electron chi connectivity index (χ0n) is 16.6. The first kappa shape index (κ1) is 21.4. The van der Waals surface area contributed by atoms with Gasteiger partial charge in [0.25, 0.3) is 0 Å². The minimum Gasteiger partial charge on any atom is -0.463 e. The fourth-order valence-corrected chi connectivity index (χ4v) is 2.81. The standard InChI is InChI=1S/C23H28N2O3/c1-3-16-25(17-20-8-6-5-7-9-20)18-22(26)24-21-13-10-19(11-14-21)12-15-23(27)28-4-2/h5-15H,3-4,16-18H2,1-2H3,(H,24,26)/b15-12+. The third kappa shape index (κ3) is 7.76. The quantitative estimate of drug-likeness (QED) is 0.498. The lowest BCUT2D eigenvalue weighted by atomic mass is 10.2. The van der Waals surface area contributed by atoms with Crippen LogP contribution < -0.4 is 5.32 Å². The van der Waals surface area contributed by atoms with Crippen molar-refractivity contribution in [3.8, 4) is 0 Å².